The molecule has 1 aliphatic heterocycles. The van der Waals surface area contributed by atoms with Crippen molar-refractivity contribution in [3.05, 3.63) is 106 Å². The summed E-state index contributed by atoms with van der Waals surface area (Å²) in [4.78, 5) is 42.0. The number of ether oxygens (including phenoxy) is 1. The van der Waals surface area contributed by atoms with Crippen LogP contribution < -0.4 is 15.6 Å². The van der Waals surface area contributed by atoms with Crippen molar-refractivity contribution in [3.8, 4) is 17.2 Å². The molecule has 2 heterocycles. The molecule has 1 saturated heterocycles. The zero-order valence-electron chi connectivity index (χ0n) is 21.2. The summed E-state index contributed by atoms with van der Waals surface area (Å²) < 4.78 is 7.21. The molecule has 0 bridgehead atoms. The Morgan fingerprint density at radius 1 is 0.897 bits per heavy atom. The summed E-state index contributed by atoms with van der Waals surface area (Å²) in [7, 11) is 0. The van der Waals surface area contributed by atoms with Crippen molar-refractivity contribution in [2.45, 2.75) is 6.92 Å². The predicted molar refractivity (Wildman–Crippen MR) is 149 cm³/mol. The zero-order chi connectivity index (χ0) is 27.4. The topological polar surface area (TPSA) is 96.8 Å². The molecule has 39 heavy (non-hydrogen) atoms. The van der Waals surface area contributed by atoms with Gasteiger partial charge in [-0.15, -0.1) is 0 Å². The summed E-state index contributed by atoms with van der Waals surface area (Å²) in [6, 6.07) is 22.9. The summed E-state index contributed by atoms with van der Waals surface area (Å²) in [6.07, 6.45) is 1.45. The molecular weight excluding hydrogens is 518 g/mol. The number of nitrogens with one attached hydrogen (secondary N) is 1. The number of aromatic nitrogens is 2. The molecule has 9 nitrogen and oxygen atoms in total. The van der Waals surface area contributed by atoms with Crippen molar-refractivity contribution in [2.75, 3.05) is 31.5 Å². The molecule has 1 aromatic heterocycles. The van der Waals surface area contributed by atoms with E-state index in [2.05, 4.69) is 10.4 Å². The number of hydrogen-bond acceptors (Lipinski definition) is 6. The molecule has 0 unspecified atom stereocenters. The first-order chi connectivity index (χ1) is 18.9. The van der Waals surface area contributed by atoms with Crippen molar-refractivity contribution < 1.29 is 14.3 Å². The molecule has 3 aromatic carbocycles. The molecule has 0 radical (unpaired) electrons. The lowest BCUT2D eigenvalue weighted by atomic mass is 10.1. The van der Waals surface area contributed by atoms with Gasteiger partial charge in [-0.3, -0.25) is 14.4 Å². The van der Waals surface area contributed by atoms with Crippen LogP contribution in [0.4, 0.5) is 11.4 Å². The molecule has 0 saturated carbocycles. The number of benzene rings is 3. The van der Waals surface area contributed by atoms with Crippen LogP contribution in [0.2, 0.25) is 5.02 Å². The van der Waals surface area contributed by atoms with E-state index in [1.807, 2.05) is 18.2 Å². The quantitative estimate of drug-likeness (QED) is 0.378. The maximum absolute atomic E-state index is 13.7. The number of para-hydroxylation sites is 2. The fourth-order valence-corrected chi connectivity index (χ4v) is 4.54. The van der Waals surface area contributed by atoms with Crippen LogP contribution in [0, 0.1) is 0 Å². The maximum atomic E-state index is 13.7. The van der Waals surface area contributed by atoms with E-state index in [9.17, 15) is 14.4 Å². The molecule has 0 atom stereocenters. The molecule has 10 heteroatoms. The normalized spacial score (nSPS) is 13.2. The van der Waals surface area contributed by atoms with Crippen molar-refractivity contribution >= 4 is 34.8 Å². The average molecular weight is 544 g/mol. The van der Waals surface area contributed by atoms with Gasteiger partial charge >= 0.3 is 0 Å². The number of piperazine rings is 1. The van der Waals surface area contributed by atoms with E-state index in [-0.39, 0.29) is 23.3 Å². The van der Waals surface area contributed by atoms with Gasteiger partial charge in [0.25, 0.3) is 11.5 Å². The lowest BCUT2D eigenvalue weighted by Crippen LogP contribution is -2.50. The Labute approximate surface area is 230 Å². The molecule has 198 valence electrons. The van der Waals surface area contributed by atoms with E-state index in [1.165, 1.54) is 17.8 Å². The maximum Gasteiger partial charge on any atom is 0.299 e. The highest BCUT2D eigenvalue weighted by atomic mass is 35.5. The smallest absolute Gasteiger partial charge is 0.299 e. The standard InChI is InChI=1S/C29H26ClN5O4/c1-20(36)33-14-16-34(17-15-33)28(37)21-8-7-9-22(18-21)32-27-26(39-23-10-3-2-4-11-23)19-31-35(29(27)38)25-13-6-5-12-24(25)30/h2-13,18-19,32H,14-17H2,1H3. The van der Waals surface area contributed by atoms with Gasteiger partial charge in [0, 0.05) is 44.4 Å². The van der Waals surface area contributed by atoms with Gasteiger partial charge in [-0.25, -0.2) is 0 Å². The molecule has 2 amide bonds. The van der Waals surface area contributed by atoms with Crippen molar-refractivity contribution in [1.29, 1.82) is 0 Å². The predicted octanol–water partition coefficient (Wildman–Crippen LogP) is 4.73. The number of halogens is 1. The third kappa shape index (κ3) is 5.78. The van der Waals surface area contributed by atoms with Gasteiger partial charge in [-0.1, -0.05) is 48.0 Å². The molecule has 4 aromatic rings. The molecule has 0 spiro atoms. The van der Waals surface area contributed by atoms with E-state index < -0.39 is 5.56 Å². The summed E-state index contributed by atoms with van der Waals surface area (Å²) in [5.41, 5.74) is 1.06. The van der Waals surface area contributed by atoms with Crippen LogP contribution in [0.15, 0.2) is 89.9 Å². The number of carbonyl (C=O) groups is 2. The Bertz CT molecular complexity index is 1570. The fourth-order valence-electron chi connectivity index (χ4n) is 4.32. The highest BCUT2D eigenvalue weighted by Crippen LogP contribution is 2.30. The number of hydrogen-bond donors (Lipinski definition) is 1. The van der Waals surface area contributed by atoms with Gasteiger partial charge in [0.2, 0.25) is 5.91 Å². The van der Waals surface area contributed by atoms with Gasteiger partial charge in [0.15, 0.2) is 11.4 Å². The molecular formula is C29H26ClN5O4. The first kappa shape index (κ1) is 26.0. The van der Waals surface area contributed by atoms with Crippen LogP contribution in [0.25, 0.3) is 5.69 Å². The Morgan fingerprint density at radius 3 is 2.31 bits per heavy atom. The Hall–Kier alpha value is -4.63. The molecule has 5 rings (SSSR count). The van der Waals surface area contributed by atoms with E-state index in [0.29, 0.717) is 53.9 Å². The van der Waals surface area contributed by atoms with Crippen molar-refractivity contribution in [1.82, 2.24) is 19.6 Å². The largest absolute Gasteiger partial charge is 0.453 e. The number of carbonyl (C=O) groups excluding carboxylic acids is 2. The molecule has 0 aliphatic carbocycles. The summed E-state index contributed by atoms with van der Waals surface area (Å²) in [5, 5.41) is 7.81. The monoisotopic (exact) mass is 543 g/mol. The minimum Gasteiger partial charge on any atom is -0.453 e. The fraction of sp³-hybridized carbons (Fsp3) is 0.172. The zero-order valence-corrected chi connectivity index (χ0v) is 22.0. The number of amides is 2. The van der Waals surface area contributed by atoms with Crippen LogP contribution in [0.1, 0.15) is 17.3 Å². The average Bonchev–Trinajstić information content (AvgIpc) is 2.96. The van der Waals surface area contributed by atoms with Gasteiger partial charge in [-0.2, -0.15) is 9.78 Å². The number of nitrogens with zero attached hydrogens (tertiary/aromatic N) is 4. The second-order valence-corrected chi connectivity index (χ2v) is 9.38. The van der Waals surface area contributed by atoms with E-state index in [4.69, 9.17) is 16.3 Å². The molecule has 1 N–H and O–H groups in total. The molecule has 1 fully saturated rings. The SMILES string of the molecule is CC(=O)N1CCN(C(=O)c2cccc(Nc3c(Oc4ccccc4)cnn(-c4ccccc4Cl)c3=O)c2)CC1. The van der Waals surface area contributed by atoms with Gasteiger partial charge in [-0.05, 0) is 42.5 Å². The van der Waals surface area contributed by atoms with Crippen LogP contribution >= 0.6 is 11.6 Å². The second-order valence-electron chi connectivity index (χ2n) is 8.97. The first-order valence-corrected chi connectivity index (χ1v) is 12.8. The third-order valence-corrected chi connectivity index (χ3v) is 6.71. The van der Waals surface area contributed by atoms with Gasteiger partial charge in [0.1, 0.15) is 5.75 Å². The Balaban J connectivity index is 1.47. The van der Waals surface area contributed by atoms with Crippen LogP contribution in [-0.4, -0.2) is 57.6 Å². The highest BCUT2D eigenvalue weighted by molar-refractivity contribution is 6.32. The minimum absolute atomic E-state index is 0.00150. The van der Waals surface area contributed by atoms with Gasteiger partial charge < -0.3 is 19.9 Å². The van der Waals surface area contributed by atoms with Crippen molar-refractivity contribution in [2.24, 2.45) is 0 Å². The molecule has 1 aliphatic rings. The number of rotatable bonds is 6. The lowest BCUT2D eigenvalue weighted by molar-refractivity contribution is -0.130. The van der Waals surface area contributed by atoms with Gasteiger partial charge in [0.05, 0.1) is 16.9 Å². The van der Waals surface area contributed by atoms with Crippen molar-refractivity contribution in [3.63, 3.8) is 0 Å². The van der Waals surface area contributed by atoms with Crippen LogP contribution in [-0.2, 0) is 4.79 Å². The van der Waals surface area contributed by atoms with Crippen LogP contribution in [0.3, 0.4) is 0 Å². The first-order valence-electron chi connectivity index (χ1n) is 12.4. The third-order valence-electron chi connectivity index (χ3n) is 6.39. The lowest BCUT2D eigenvalue weighted by Gasteiger charge is -2.34. The van der Waals surface area contributed by atoms with E-state index in [1.54, 1.807) is 70.5 Å². The summed E-state index contributed by atoms with van der Waals surface area (Å²) in [6.45, 7) is 3.44. The minimum atomic E-state index is -0.478. The second kappa shape index (κ2) is 11.4. The van der Waals surface area contributed by atoms with Crippen LogP contribution in [0.5, 0.6) is 11.5 Å². The highest BCUT2D eigenvalue weighted by Gasteiger charge is 2.24. The van der Waals surface area contributed by atoms with E-state index >= 15 is 0 Å². The van der Waals surface area contributed by atoms with E-state index in [0.717, 1.165) is 0 Å². The summed E-state index contributed by atoms with van der Waals surface area (Å²) >= 11 is 6.35. The Kier molecular flexibility index (Phi) is 7.60. The summed E-state index contributed by atoms with van der Waals surface area (Å²) in [5.74, 6) is 0.602. The Morgan fingerprint density at radius 2 is 1.59 bits per heavy atom. The number of anilines is 2.